The normalized spacial score (nSPS) is 22.8. The molecule has 1 rings (SSSR count). The number of hydrogen-bond acceptors (Lipinski definition) is 1. The summed E-state index contributed by atoms with van der Waals surface area (Å²) in [7, 11) is 0. The first kappa shape index (κ1) is 8.78. The van der Waals surface area contributed by atoms with E-state index in [0.29, 0.717) is 5.92 Å². The van der Waals surface area contributed by atoms with Gasteiger partial charge in [0.2, 0.25) is 0 Å². The van der Waals surface area contributed by atoms with Crippen LogP contribution >= 0.6 is 0 Å². The number of carboxylic acids is 1. The summed E-state index contributed by atoms with van der Waals surface area (Å²) in [6.45, 7) is 2.05. The fraction of sp³-hybridized carbons (Fsp3) is 0.300. The van der Waals surface area contributed by atoms with Crippen LogP contribution in [0.5, 0.6) is 0 Å². The highest BCUT2D eigenvalue weighted by Crippen LogP contribution is 2.18. The van der Waals surface area contributed by atoms with Gasteiger partial charge in [-0.25, -0.2) is 4.79 Å². The van der Waals surface area contributed by atoms with Crippen molar-refractivity contribution >= 4 is 5.97 Å². The lowest BCUT2D eigenvalue weighted by Crippen LogP contribution is -1.97. The Morgan fingerprint density at radius 1 is 1.75 bits per heavy atom. The summed E-state index contributed by atoms with van der Waals surface area (Å²) in [5.74, 6) is -0.549. The Bertz CT molecular complexity index is 259. The predicted octanol–water partition coefficient (Wildman–Crippen LogP) is 2.15. The van der Waals surface area contributed by atoms with E-state index in [1.54, 1.807) is 6.08 Å². The minimum Gasteiger partial charge on any atom is -0.478 e. The van der Waals surface area contributed by atoms with Gasteiger partial charge >= 0.3 is 5.97 Å². The largest absolute Gasteiger partial charge is 0.478 e. The molecule has 2 heteroatoms. The van der Waals surface area contributed by atoms with E-state index in [1.807, 2.05) is 13.0 Å². The maximum Gasteiger partial charge on any atom is 0.328 e. The third-order valence-electron chi connectivity index (χ3n) is 1.86. The highest BCUT2D eigenvalue weighted by molar-refractivity contribution is 5.80. The van der Waals surface area contributed by atoms with Crippen molar-refractivity contribution in [2.45, 2.75) is 13.3 Å². The van der Waals surface area contributed by atoms with Crippen LogP contribution in [0.3, 0.4) is 0 Å². The van der Waals surface area contributed by atoms with Crippen LogP contribution in [-0.4, -0.2) is 11.1 Å². The molecule has 1 unspecified atom stereocenters. The first-order chi connectivity index (χ1) is 5.70. The van der Waals surface area contributed by atoms with E-state index in [9.17, 15) is 4.79 Å². The van der Waals surface area contributed by atoms with Crippen LogP contribution in [0, 0.1) is 5.92 Å². The van der Waals surface area contributed by atoms with Gasteiger partial charge in [-0.05, 0) is 17.9 Å². The van der Waals surface area contributed by atoms with Gasteiger partial charge in [0.1, 0.15) is 0 Å². The smallest absolute Gasteiger partial charge is 0.328 e. The zero-order valence-corrected chi connectivity index (χ0v) is 7.03. The number of hydrogen-bond donors (Lipinski definition) is 1. The molecule has 1 aliphatic carbocycles. The summed E-state index contributed by atoms with van der Waals surface area (Å²) >= 11 is 0. The Balaban J connectivity index is 2.63. The van der Waals surface area contributed by atoms with Gasteiger partial charge in [0.05, 0.1) is 0 Å². The molecule has 0 fully saturated rings. The Kier molecular flexibility index (Phi) is 2.86. The van der Waals surface area contributed by atoms with Crippen molar-refractivity contribution < 1.29 is 9.90 Å². The summed E-state index contributed by atoms with van der Waals surface area (Å²) < 4.78 is 0. The molecule has 0 aromatic rings. The van der Waals surface area contributed by atoms with Gasteiger partial charge in [-0.2, -0.15) is 0 Å². The van der Waals surface area contributed by atoms with Crippen LogP contribution in [0.2, 0.25) is 0 Å². The Morgan fingerprint density at radius 3 is 3.08 bits per heavy atom. The summed E-state index contributed by atoms with van der Waals surface area (Å²) in [5, 5.41) is 8.40. The zero-order chi connectivity index (χ0) is 8.97. The Labute approximate surface area is 71.9 Å². The molecule has 0 aromatic carbocycles. The second-order valence-electron chi connectivity index (χ2n) is 2.83. The van der Waals surface area contributed by atoms with Gasteiger partial charge in [0.15, 0.2) is 0 Å². The molecule has 0 saturated carbocycles. The summed E-state index contributed by atoms with van der Waals surface area (Å²) in [6.07, 6.45) is 9.97. The summed E-state index contributed by atoms with van der Waals surface area (Å²) in [6, 6.07) is 0. The average molecular weight is 164 g/mol. The second kappa shape index (κ2) is 3.90. The van der Waals surface area contributed by atoms with Gasteiger partial charge in [0, 0.05) is 6.08 Å². The minimum atomic E-state index is -0.891. The number of carbonyl (C=O) groups is 1. The maximum absolute atomic E-state index is 10.2. The summed E-state index contributed by atoms with van der Waals surface area (Å²) in [5.41, 5.74) is 1.08. The molecule has 0 aliphatic heterocycles. The van der Waals surface area contributed by atoms with Crippen molar-refractivity contribution in [1.29, 1.82) is 0 Å². The SMILES string of the molecule is CC1C=CCC=C1/C=C/C(=O)O. The fourth-order valence-electron chi connectivity index (χ4n) is 1.17. The number of carboxylic acid groups (broad SMARTS) is 1. The molecule has 0 radical (unpaired) electrons. The maximum atomic E-state index is 10.2. The molecule has 0 bridgehead atoms. The highest BCUT2D eigenvalue weighted by Gasteiger charge is 2.04. The molecule has 0 heterocycles. The molecule has 0 saturated heterocycles. The number of aliphatic carboxylic acids is 1. The van der Waals surface area contributed by atoms with Crippen molar-refractivity contribution in [3.63, 3.8) is 0 Å². The molecule has 0 spiro atoms. The van der Waals surface area contributed by atoms with Crippen molar-refractivity contribution in [3.05, 3.63) is 36.0 Å². The third kappa shape index (κ3) is 2.38. The lowest BCUT2D eigenvalue weighted by Gasteiger charge is -2.11. The van der Waals surface area contributed by atoms with Crippen LogP contribution in [0.15, 0.2) is 36.0 Å². The lowest BCUT2D eigenvalue weighted by molar-refractivity contribution is -0.131. The van der Waals surface area contributed by atoms with Crippen molar-refractivity contribution in [1.82, 2.24) is 0 Å². The van der Waals surface area contributed by atoms with Crippen LogP contribution < -0.4 is 0 Å². The van der Waals surface area contributed by atoms with Gasteiger partial charge in [0.25, 0.3) is 0 Å². The molecule has 2 nitrogen and oxygen atoms in total. The zero-order valence-electron chi connectivity index (χ0n) is 7.03. The molecule has 1 atom stereocenters. The number of allylic oxidation sites excluding steroid dienone is 5. The molecule has 64 valence electrons. The topological polar surface area (TPSA) is 37.3 Å². The van der Waals surface area contributed by atoms with Crippen LogP contribution in [-0.2, 0) is 4.79 Å². The third-order valence-corrected chi connectivity index (χ3v) is 1.86. The molecule has 0 aromatic heterocycles. The molecule has 12 heavy (non-hydrogen) atoms. The molecule has 1 aliphatic rings. The van der Waals surface area contributed by atoms with E-state index in [0.717, 1.165) is 12.0 Å². The van der Waals surface area contributed by atoms with Crippen molar-refractivity contribution in [2.24, 2.45) is 5.92 Å². The molecular weight excluding hydrogens is 152 g/mol. The number of rotatable bonds is 2. The van der Waals surface area contributed by atoms with Gasteiger partial charge in [-0.1, -0.05) is 31.2 Å². The second-order valence-corrected chi connectivity index (χ2v) is 2.83. The highest BCUT2D eigenvalue weighted by atomic mass is 16.4. The monoisotopic (exact) mass is 164 g/mol. The van der Waals surface area contributed by atoms with Crippen molar-refractivity contribution in [3.8, 4) is 0 Å². The van der Waals surface area contributed by atoms with Gasteiger partial charge < -0.3 is 5.11 Å². The Hall–Kier alpha value is -1.31. The molecular formula is C10H12O2. The minimum absolute atomic E-state index is 0.342. The van der Waals surface area contributed by atoms with E-state index >= 15 is 0 Å². The predicted molar refractivity (Wildman–Crippen MR) is 47.8 cm³/mol. The van der Waals surface area contributed by atoms with Crippen LogP contribution in [0.4, 0.5) is 0 Å². The lowest BCUT2D eigenvalue weighted by atomic mass is 9.95. The molecule has 0 amide bonds. The molecule has 1 N–H and O–H groups in total. The van der Waals surface area contributed by atoms with Gasteiger partial charge in [-0.15, -0.1) is 0 Å². The van der Waals surface area contributed by atoms with E-state index in [4.69, 9.17) is 5.11 Å². The first-order valence-electron chi connectivity index (χ1n) is 3.98. The van der Waals surface area contributed by atoms with E-state index in [-0.39, 0.29) is 0 Å². The van der Waals surface area contributed by atoms with E-state index in [1.165, 1.54) is 6.08 Å². The first-order valence-corrected chi connectivity index (χ1v) is 3.98. The van der Waals surface area contributed by atoms with E-state index in [2.05, 4.69) is 12.2 Å². The summed E-state index contributed by atoms with van der Waals surface area (Å²) in [4.78, 5) is 10.2. The standard InChI is InChI=1S/C10H12O2/c1-8-4-2-3-5-9(8)6-7-10(11)12/h2,4-8H,3H2,1H3,(H,11,12)/b7-6+. The van der Waals surface area contributed by atoms with Crippen LogP contribution in [0.25, 0.3) is 0 Å². The quantitative estimate of drug-likeness (QED) is 0.501. The van der Waals surface area contributed by atoms with Crippen molar-refractivity contribution in [2.75, 3.05) is 0 Å². The van der Waals surface area contributed by atoms with Crippen LogP contribution in [0.1, 0.15) is 13.3 Å². The van der Waals surface area contributed by atoms with E-state index < -0.39 is 5.97 Å². The average Bonchev–Trinajstić information content (AvgIpc) is 2.03. The fourth-order valence-corrected chi connectivity index (χ4v) is 1.17. The Morgan fingerprint density at radius 2 is 2.50 bits per heavy atom. The van der Waals surface area contributed by atoms with Gasteiger partial charge in [-0.3, -0.25) is 0 Å².